The van der Waals surface area contributed by atoms with E-state index in [-0.39, 0.29) is 31.1 Å². The van der Waals surface area contributed by atoms with Gasteiger partial charge < -0.3 is 10.1 Å². The van der Waals surface area contributed by atoms with Crippen molar-refractivity contribution in [3.63, 3.8) is 0 Å². The van der Waals surface area contributed by atoms with Crippen LogP contribution in [-0.2, 0) is 21.4 Å². The minimum absolute atomic E-state index is 0.0767. The fourth-order valence-corrected chi connectivity index (χ4v) is 3.08. The zero-order chi connectivity index (χ0) is 20.6. The van der Waals surface area contributed by atoms with Gasteiger partial charge in [-0.3, -0.25) is 14.3 Å². The second kappa shape index (κ2) is 9.89. The number of ketones is 1. The molecule has 0 aromatic heterocycles. The average Bonchev–Trinajstić information content (AvgIpc) is 2.64. The maximum Gasteiger partial charge on any atom is 0.229 e. The number of ether oxygens (including phenoxy) is 1. The van der Waals surface area contributed by atoms with Gasteiger partial charge in [-0.05, 0) is 48.9 Å². The highest BCUT2D eigenvalue weighted by Crippen LogP contribution is 2.14. The Morgan fingerprint density at radius 3 is 2.39 bits per heavy atom. The van der Waals surface area contributed by atoms with E-state index >= 15 is 0 Å². The fourth-order valence-electron chi connectivity index (χ4n) is 2.52. The molecule has 2 aromatic carbocycles. The van der Waals surface area contributed by atoms with Crippen molar-refractivity contribution >= 4 is 27.4 Å². The van der Waals surface area contributed by atoms with Gasteiger partial charge in [-0.1, -0.05) is 12.1 Å². The number of amides is 1. The van der Waals surface area contributed by atoms with Crippen LogP contribution in [0.5, 0.6) is 5.75 Å². The van der Waals surface area contributed by atoms with Crippen LogP contribution in [0, 0.1) is 0 Å². The largest absolute Gasteiger partial charge is 0.494 e. The number of benzene rings is 2. The Bertz CT molecular complexity index is 924. The fraction of sp³-hybridized carbons (Fsp3) is 0.300. The molecule has 1 amide bonds. The number of hydrogen-bond acceptors (Lipinski definition) is 5. The quantitative estimate of drug-likeness (QED) is 0.593. The van der Waals surface area contributed by atoms with Gasteiger partial charge in [-0.15, -0.1) is 0 Å². The molecule has 0 unspecified atom stereocenters. The Balaban J connectivity index is 1.81. The van der Waals surface area contributed by atoms with Crippen molar-refractivity contribution < 1.29 is 22.7 Å². The van der Waals surface area contributed by atoms with Crippen LogP contribution in [0.15, 0.2) is 48.5 Å². The summed E-state index contributed by atoms with van der Waals surface area (Å²) >= 11 is 0. The van der Waals surface area contributed by atoms with E-state index in [9.17, 15) is 18.0 Å². The number of nitrogens with one attached hydrogen (secondary N) is 2. The summed E-state index contributed by atoms with van der Waals surface area (Å²) in [5, 5.41) is 2.73. The van der Waals surface area contributed by atoms with E-state index < -0.39 is 10.0 Å². The van der Waals surface area contributed by atoms with E-state index in [2.05, 4.69) is 10.0 Å². The van der Waals surface area contributed by atoms with Crippen molar-refractivity contribution in [3.05, 3.63) is 59.7 Å². The van der Waals surface area contributed by atoms with Crippen molar-refractivity contribution in [3.8, 4) is 5.75 Å². The Morgan fingerprint density at radius 1 is 1.04 bits per heavy atom. The lowest BCUT2D eigenvalue weighted by molar-refractivity contribution is -0.121. The van der Waals surface area contributed by atoms with Crippen molar-refractivity contribution in [1.82, 2.24) is 5.32 Å². The summed E-state index contributed by atoms with van der Waals surface area (Å²) in [5.41, 5.74) is 1.72. The normalized spacial score (nSPS) is 10.9. The first kappa shape index (κ1) is 21.4. The van der Waals surface area contributed by atoms with Crippen LogP contribution >= 0.6 is 0 Å². The van der Waals surface area contributed by atoms with Crippen LogP contribution in [0.2, 0.25) is 0 Å². The first-order valence-corrected chi connectivity index (χ1v) is 10.8. The average molecular weight is 404 g/mol. The molecular weight excluding hydrogens is 380 g/mol. The number of carbonyl (C=O) groups is 2. The van der Waals surface area contributed by atoms with Crippen molar-refractivity contribution in [2.24, 2.45) is 0 Å². The molecule has 0 spiro atoms. The second-order valence-corrected chi connectivity index (χ2v) is 7.98. The van der Waals surface area contributed by atoms with Gasteiger partial charge in [0.1, 0.15) is 5.75 Å². The summed E-state index contributed by atoms with van der Waals surface area (Å²) in [7, 11) is -3.36. The SMILES string of the molecule is CCOc1ccc(C(=O)CCC(=O)NCc2cccc(NS(C)(=O)=O)c2)cc1. The van der Waals surface area contributed by atoms with Gasteiger partial charge >= 0.3 is 0 Å². The highest BCUT2D eigenvalue weighted by molar-refractivity contribution is 7.92. The molecule has 0 saturated heterocycles. The molecule has 8 heteroatoms. The number of sulfonamides is 1. The standard InChI is InChI=1S/C20H24N2O5S/c1-3-27-18-9-7-16(8-10-18)19(23)11-12-20(24)21-14-15-5-4-6-17(13-15)22-28(2,25)26/h4-10,13,22H,3,11-12,14H2,1-2H3,(H,21,24). The summed E-state index contributed by atoms with van der Waals surface area (Å²) in [6.07, 6.45) is 1.26. The van der Waals surface area contributed by atoms with Crippen LogP contribution in [0.1, 0.15) is 35.7 Å². The summed E-state index contributed by atoms with van der Waals surface area (Å²) < 4.78 is 30.3. The number of hydrogen-bond donors (Lipinski definition) is 2. The van der Waals surface area contributed by atoms with Crippen LogP contribution in [0.3, 0.4) is 0 Å². The monoisotopic (exact) mass is 404 g/mol. The van der Waals surface area contributed by atoms with Crippen LogP contribution in [0.4, 0.5) is 5.69 Å². The maximum absolute atomic E-state index is 12.2. The second-order valence-electron chi connectivity index (χ2n) is 6.23. The molecule has 2 N–H and O–H groups in total. The highest BCUT2D eigenvalue weighted by Gasteiger charge is 2.10. The minimum atomic E-state index is -3.36. The van der Waals surface area contributed by atoms with Gasteiger partial charge in [0, 0.05) is 30.6 Å². The van der Waals surface area contributed by atoms with E-state index in [1.807, 2.05) is 6.92 Å². The molecule has 0 bridgehead atoms. The molecule has 0 atom stereocenters. The molecule has 28 heavy (non-hydrogen) atoms. The van der Waals surface area contributed by atoms with E-state index in [4.69, 9.17) is 4.74 Å². The molecule has 2 rings (SSSR count). The Kier molecular flexibility index (Phi) is 7.57. The van der Waals surface area contributed by atoms with E-state index in [0.29, 0.717) is 23.6 Å². The van der Waals surface area contributed by atoms with Gasteiger partial charge in [0.2, 0.25) is 15.9 Å². The third-order valence-electron chi connectivity index (χ3n) is 3.79. The van der Waals surface area contributed by atoms with Crippen molar-refractivity contribution in [1.29, 1.82) is 0 Å². The Hall–Kier alpha value is -2.87. The van der Waals surface area contributed by atoms with Crippen LogP contribution < -0.4 is 14.8 Å². The van der Waals surface area contributed by atoms with E-state index in [1.54, 1.807) is 48.5 Å². The van der Waals surface area contributed by atoms with E-state index in [0.717, 1.165) is 11.8 Å². The molecule has 2 aromatic rings. The summed E-state index contributed by atoms with van der Waals surface area (Å²) in [4.78, 5) is 24.2. The van der Waals surface area contributed by atoms with E-state index in [1.165, 1.54) is 0 Å². The lowest BCUT2D eigenvalue weighted by Gasteiger charge is -2.08. The summed E-state index contributed by atoms with van der Waals surface area (Å²) in [6, 6.07) is 13.6. The van der Waals surface area contributed by atoms with Crippen molar-refractivity contribution in [2.75, 3.05) is 17.6 Å². The lowest BCUT2D eigenvalue weighted by atomic mass is 10.1. The third-order valence-corrected chi connectivity index (χ3v) is 4.39. The smallest absolute Gasteiger partial charge is 0.229 e. The lowest BCUT2D eigenvalue weighted by Crippen LogP contribution is -2.23. The molecule has 0 heterocycles. The topological polar surface area (TPSA) is 102 Å². The zero-order valence-electron chi connectivity index (χ0n) is 15.9. The molecule has 0 fully saturated rings. The van der Waals surface area contributed by atoms with Crippen LogP contribution in [-0.4, -0.2) is 33.0 Å². The Labute approximate surface area is 165 Å². The Morgan fingerprint density at radius 2 is 1.75 bits per heavy atom. The first-order chi connectivity index (χ1) is 13.3. The van der Waals surface area contributed by atoms with Gasteiger partial charge in [0.05, 0.1) is 12.9 Å². The third kappa shape index (κ3) is 7.40. The molecule has 7 nitrogen and oxygen atoms in total. The van der Waals surface area contributed by atoms with Crippen molar-refractivity contribution in [2.45, 2.75) is 26.3 Å². The van der Waals surface area contributed by atoms with Gasteiger partial charge in [0.25, 0.3) is 0 Å². The predicted octanol–water partition coefficient (Wildman–Crippen LogP) is 2.74. The first-order valence-electron chi connectivity index (χ1n) is 8.86. The van der Waals surface area contributed by atoms with Crippen LogP contribution in [0.25, 0.3) is 0 Å². The number of Topliss-reactive ketones (excluding diaryl/α,β-unsaturated/α-hetero) is 1. The van der Waals surface area contributed by atoms with Gasteiger partial charge in [-0.25, -0.2) is 8.42 Å². The molecule has 0 saturated carbocycles. The minimum Gasteiger partial charge on any atom is -0.494 e. The number of rotatable bonds is 10. The predicted molar refractivity (Wildman–Crippen MR) is 108 cm³/mol. The molecule has 0 aliphatic carbocycles. The maximum atomic E-state index is 12.2. The molecular formula is C20H24N2O5S. The molecule has 0 aliphatic rings. The van der Waals surface area contributed by atoms with Gasteiger partial charge in [-0.2, -0.15) is 0 Å². The highest BCUT2D eigenvalue weighted by atomic mass is 32.2. The summed E-state index contributed by atoms with van der Waals surface area (Å²) in [5.74, 6) is 0.336. The van der Waals surface area contributed by atoms with Gasteiger partial charge in [0.15, 0.2) is 5.78 Å². The molecule has 0 radical (unpaired) electrons. The molecule has 150 valence electrons. The number of carbonyl (C=O) groups excluding carboxylic acids is 2. The summed E-state index contributed by atoms with van der Waals surface area (Å²) in [6.45, 7) is 2.69. The number of anilines is 1. The molecule has 0 aliphatic heterocycles. The zero-order valence-corrected chi connectivity index (χ0v) is 16.7.